The summed E-state index contributed by atoms with van der Waals surface area (Å²) >= 11 is 0. The van der Waals surface area contributed by atoms with Gasteiger partial charge in [-0.2, -0.15) is 28.1 Å². The van der Waals surface area contributed by atoms with Crippen molar-refractivity contribution < 1.29 is 26.7 Å². The number of ether oxygens (including phenoxy) is 1. The second-order valence-corrected chi connectivity index (χ2v) is 5.90. The molecule has 11 heteroatoms. The minimum Gasteiger partial charge on any atom is -0.444 e. The van der Waals surface area contributed by atoms with Gasteiger partial charge in [-0.15, -0.1) is 0 Å². The molecular formula is C17H20F5N5O. The van der Waals surface area contributed by atoms with Gasteiger partial charge in [-0.05, 0) is 26.0 Å². The van der Waals surface area contributed by atoms with Crippen molar-refractivity contribution in [3.05, 3.63) is 30.3 Å². The van der Waals surface area contributed by atoms with E-state index in [-0.39, 0.29) is 18.8 Å². The van der Waals surface area contributed by atoms with E-state index in [9.17, 15) is 22.0 Å². The highest BCUT2D eigenvalue weighted by Crippen LogP contribution is 2.35. The number of halogens is 5. The first kappa shape index (κ1) is 21.6. The number of hydrogen-bond donors (Lipinski definition) is 1. The number of alkyl halides is 5. The molecule has 1 aromatic carbocycles. The zero-order valence-electron chi connectivity index (χ0n) is 15.5. The summed E-state index contributed by atoms with van der Waals surface area (Å²) in [6, 6.07) is 7.73. The van der Waals surface area contributed by atoms with Crippen LogP contribution in [0.15, 0.2) is 30.3 Å². The first-order valence-corrected chi connectivity index (χ1v) is 8.48. The van der Waals surface area contributed by atoms with Crippen LogP contribution in [0, 0.1) is 0 Å². The van der Waals surface area contributed by atoms with Gasteiger partial charge in [0.05, 0.1) is 0 Å². The number of aromatic nitrogens is 3. The molecule has 0 amide bonds. The molecule has 0 aliphatic rings. The Kier molecular flexibility index (Phi) is 6.57. The van der Waals surface area contributed by atoms with Gasteiger partial charge in [0.2, 0.25) is 11.9 Å². The maximum absolute atomic E-state index is 13.5. The summed E-state index contributed by atoms with van der Waals surface area (Å²) in [6.07, 6.45) is -8.70. The number of nitrogens with zero attached hydrogens (tertiary/aromatic N) is 4. The van der Waals surface area contributed by atoms with Gasteiger partial charge < -0.3 is 15.0 Å². The lowest BCUT2D eigenvalue weighted by Gasteiger charge is -2.26. The Morgan fingerprint density at radius 3 is 2.11 bits per heavy atom. The molecule has 1 atom stereocenters. The maximum atomic E-state index is 13.5. The lowest BCUT2D eigenvalue weighted by atomic mass is 10.2. The zero-order valence-corrected chi connectivity index (χ0v) is 15.5. The third-order valence-corrected chi connectivity index (χ3v) is 3.66. The Morgan fingerprint density at radius 2 is 1.61 bits per heavy atom. The molecule has 154 valence electrons. The average Bonchev–Trinajstić information content (AvgIpc) is 2.60. The van der Waals surface area contributed by atoms with Gasteiger partial charge >= 0.3 is 12.2 Å². The molecule has 28 heavy (non-hydrogen) atoms. The minimum absolute atomic E-state index is 0.00813. The van der Waals surface area contributed by atoms with Gasteiger partial charge in [-0.25, -0.2) is 8.78 Å². The van der Waals surface area contributed by atoms with E-state index in [2.05, 4.69) is 25.0 Å². The van der Waals surface area contributed by atoms with Crippen LogP contribution in [-0.4, -0.2) is 46.2 Å². The molecule has 0 saturated heterocycles. The van der Waals surface area contributed by atoms with Gasteiger partial charge in [0.25, 0.3) is 12.0 Å². The van der Waals surface area contributed by atoms with Crippen LogP contribution < -0.4 is 15.0 Å². The van der Waals surface area contributed by atoms with Crippen molar-refractivity contribution in [2.24, 2.45) is 0 Å². The predicted octanol–water partition coefficient (Wildman–Crippen LogP) is 4.43. The number of para-hydroxylation sites is 1. The Morgan fingerprint density at radius 1 is 1.00 bits per heavy atom. The van der Waals surface area contributed by atoms with Crippen LogP contribution in [0.5, 0.6) is 6.01 Å². The molecule has 6 nitrogen and oxygen atoms in total. The fraction of sp³-hybridized carbons (Fsp3) is 0.471. The second-order valence-electron chi connectivity index (χ2n) is 5.90. The smallest absolute Gasteiger partial charge is 0.431 e. The first-order valence-electron chi connectivity index (χ1n) is 8.48. The fourth-order valence-electron chi connectivity index (χ4n) is 2.32. The number of rotatable bonds is 8. The summed E-state index contributed by atoms with van der Waals surface area (Å²) in [4.78, 5) is 13.3. The minimum atomic E-state index is -5.31. The third-order valence-electron chi connectivity index (χ3n) is 3.66. The van der Waals surface area contributed by atoms with Crippen LogP contribution in [0.3, 0.4) is 0 Å². The van der Waals surface area contributed by atoms with E-state index in [0.717, 1.165) is 0 Å². The molecule has 1 N–H and O–H groups in total. The number of anilines is 3. The highest BCUT2D eigenvalue weighted by Gasteiger charge is 2.55. The van der Waals surface area contributed by atoms with Gasteiger partial charge in [-0.3, -0.25) is 0 Å². The predicted molar refractivity (Wildman–Crippen MR) is 94.2 cm³/mol. The van der Waals surface area contributed by atoms with Crippen LogP contribution in [0.4, 0.5) is 39.5 Å². The Balaban J connectivity index is 2.44. The molecule has 0 aliphatic heterocycles. The number of benzene rings is 1. The summed E-state index contributed by atoms with van der Waals surface area (Å²) in [5.74, 6) is -4.31. The molecule has 1 unspecified atom stereocenters. The largest absolute Gasteiger partial charge is 0.444 e. The third kappa shape index (κ3) is 5.64. The van der Waals surface area contributed by atoms with Crippen molar-refractivity contribution in [1.82, 2.24) is 15.0 Å². The second kappa shape index (κ2) is 8.53. The van der Waals surface area contributed by atoms with Crippen LogP contribution >= 0.6 is 0 Å². The van der Waals surface area contributed by atoms with Crippen molar-refractivity contribution in [3.63, 3.8) is 0 Å². The van der Waals surface area contributed by atoms with E-state index >= 15 is 0 Å². The van der Waals surface area contributed by atoms with E-state index in [0.29, 0.717) is 18.8 Å². The quantitative estimate of drug-likeness (QED) is 0.656. The molecule has 2 aromatic rings. The Bertz CT molecular complexity index is 749. The van der Waals surface area contributed by atoms with E-state index in [1.807, 2.05) is 0 Å². The highest BCUT2D eigenvalue weighted by atomic mass is 19.4. The topological polar surface area (TPSA) is 63.2 Å². The van der Waals surface area contributed by atoms with E-state index in [1.165, 1.54) is 0 Å². The summed E-state index contributed by atoms with van der Waals surface area (Å²) in [5, 5.41) is 2.80. The van der Waals surface area contributed by atoms with Crippen LogP contribution in [0.2, 0.25) is 0 Å². The lowest BCUT2D eigenvalue weighted by Crippen LogP contribution is -2.47. The van der Waals surface area contributed by atoms with Crippen molar-refractivity contribution >= 4 is 17.6 Å². The molecule has 0 bridgehead atoms. The Hall–Kier alpha value is -2.72. The monoisotopic (exact) mass is 405 g/mol. The molecule has 0 fully saturated rings. The Labute approximate surface area is 158 Å². The standard InChI is InChI=1S/C17H20F5N5O/c1-4-27(5-2)14-24-13(23-11-9-7-6-8-10-11)25-15(26-14)28-12(16(3,18)19)17(20,21)22/h6-10,12H,4-5H2,1-3H3,(H,23,24,25,26). The number of hydrogen-bond acceptors (Lipinski definition) is 6. The van der Waals surface area contributed by atoms with Crippen molar-refractivity contribution in [2.45, 2.75) is 39.0 Å². The maximum Gasteiger partial charge on any atom is 0.431 e. The van der Waals surface area contributed by atoms with Gasteiger partial charge in [0.1, 0.15) is 0 Å². The number of nitrogens with one attached hydrogen (secondary N) is 1. The zero-order chi connectivity index (χ0) is 20.9. The van der Waals surface area contributed by atoms with Crippen LogP contribution in [0.25, 0.3) is 0 Å². The van der Waals surface area contributed by atoms with E-state index in [1.54, 1.807) is 49.1 Å². The molecule has 0 aliphatic carbocycles. The van der Waals surface area contributed by atoms with Gasteiger partial charge in [0.15, 0.2) is 0 Å². The summed E-state index contributed by atoms with van der Waals surface area (Å²) in [5.41, 5.74) is 0.554. The van der Waals surface area contributed by atoms with Crippen LogP contribution in [0.1, 0.15) is 20.8 Å². The lowest BCUT2D eigenvalue weighted by molar-refractivity contribution is -0.256. The van der Waals surface area contributed by atoms with Crippen molar-refractivity contribution in [1.29, 1.82) is 0 Å². The van der Waals surface area contributed by atoms with E-state index in [4.69, 9.17) is 0 Å². The van der Waals surface area contributed by atoms with Gasteiger partial charge in [-0.1, -0.05) is 18.2 Å². The normalized spacial score (nSPS) is 13.1. The SMILES string of the molecule is CCN(CC)c1nc(Nc2ccccc2)nc(OC(C(C)(F)F)C(F)(F)F)n1. The fourth-order valence-corrected chi connectivity index (χ4v) is 2.32. The molecule has 1 aromatic heterocycles. The molecular weight excluding hydrogens is 385 g/mol. The summed E-state index contributed by atoms with van der Waals surface area (Å²) < 4.78 is 70.5. The molecule has 0 saturated carbocycles. The summed E-state index contributed by atoms with van der Waals surface area (Å²) in [7, 11) is 0. The van der Waals surface area contributed by atoms with Gasteiger partial charge in [0, 0.05) is 25.7 Å². The molecule has 2 rings (SSSR count). The highest BCUT2D eigenvalue weighted by molar-refractivity contribution is 5.54. The average molecular weight is 405 g/mol. The molecule has 1 heterocycles. The molecule has 0 radical (unpaired) electrons. The van der Waals surface area contributed by atoms with Crippen LogP contribution in [-0.2, 0) is 0 Å². The van der Waals surface area contributed by atoms with Crippen molar-refractivity contribution in [2.75, 3.05) is 23.3 Å². The molecule has 0 spiro atoms. The first-order chi connectivity index (χ1) is 13.0. The van der Waals surface area contributed by atoms with Crippen molar-refractivity contribution in [3.8, 4) is 6.01 Å². The summed E-state index contributed by atoms with van der Waals surface area (Å²) in [6.45, 7) is 4.59. The van der Waals surface area contributed by atoms with E-state index < -0.39 is 24.2 Å².